The molecule has 1 aromatic carbocycles. The summed E-state index contributed by atoms with van der Waals surface area (Å²) in [5.74, 6) is -0.112. The van der Waals surface area contributed by atoms with Crippen LogP contribution in [0.25, 0.3) is 0 Å². The fourth-order valence-corrected chi connectivity index (χ4v) is 3.51. The normalized spacial score (nSPS) is 16.8. The van der Waals surface area contributed by atoms with Crippen molar-refractivity contribution in [1.82, 2.24) is 10.3 Å². The molecule has 1 unspecified atom stereocenters. The quantitative estimate of drug-likeness (QED) is 0.866. The lowest BCUT2D eigenvalue weighted by Gasteiger charge is -2.26. The van der Waals surface area contributed by atoms with Crippen molar-refractivity contribution in [2.45, 2.75) is 38.5 Å². The minimum Gasteiger partial charge on any atom is -0.435 e. The lowest BCUT2D eigenvalue weighted by atomic mass is 9.87. The lowest BCUT2D eigenvalue weighted by Crippen LogP contribution is -2.31. The van der Waals surface area contributed by atoms with Crippen LogP contribution in [0.15, 0.2) is 23.6 Å². The van der Waals surface area contributed by atoms with Crippen LogP contribution in [0.4, 0.5) is 8.78 Å². The van der Waals surface area contributed by atoms with Crippen LogP contribution in [0.5, 0.6) is 5.75 Å². The van der Waals surface area contributed by atoms with Gasteiger partial charge in [-0.3, -0.25) is 4.79 Å². The van der Waals surface area contributed by atoms with Crippen LogP contribution in [-0.2, 0) is 13.0 Å². The molecule has 0 radical (unpaired) electrons. The van der Waals surface area contributed by atoms with E-state index in [0.717, 1.165) is 30.4 Å². The van der Waals surface area contributed by atoms with E-state index in [1.165, 1.54) is 17.4 Å². The molecule has 8 heteroatoms. The topological polar surface area (TPSA) is 77.2 Å². The molecule has 0 fully saturated rings. The van der Waals surface area contributed by atoms with Crippen LogP contribution in [0, 0.1) is 0 Å². The lowest BCUT2D eigenvalue weighted by molar-refractivity contribution is -0.0499. The number of amides is 1. The number of thiazole rings is 1. The maximum Gasteiger partial charge on any atom is 0.387 e. The largest absolute Gasteiger partial charge is 0.435 e. The molecule has 1 aromatic heterocycles. The fourth-order valence-electron chi connectivity index (χ4n) is 2.86. The molecule has 3 rings (SSSR count). The molecule has 0 spiro atoms. The van der Waals surface area contributed by atoms with Gasteiger partial charge in [-0.15, -0.1) is 11.3 Å². The molecule has 128 valence electrons. The highest BCUT2D eigenvalue weighted by molar-refractivity contribution is 7.09. The molecule has 2 aromatic rings. The third-order valence-corrected chi connectivity index (χ3v) is 4.79. The number of halogens is 2. The van der Waals surface area contributed by atoms with Gasteiger partial charge >= 0.3 is 6.61 Å². The van der Waals surface area contributed by atoms with Crippen LogP contribution in [0.2, 0.25) is 0 Å². The van der Waals surface area contributed by atoms with Gasteiger partial charge in [0.25, 0.3) is 5.91 Å². The highest BCUT2D eigenvalue weighted by Crippen LogP contribution is 2.32. The molecule has 1 aliphatic carbocycles. The third kappa shape index (κ3) is 3.70. The van der Waals surface area contributed by atoms with Crippen molar-refractivity contribution < 1.29 is 18.3 Å². The fraction of sp³-hybridized carbons (Fsp3) is 0.375. The minimum absolute atomic E-state index is 0.141. The average Bonchev–Trinajstić information content (AvgIpc) is 3.03. The van der Waals surface area contributed by atoms with Gasteiger partial charge in [0.15, 0.2) is 0 Å². The maximum atomic E-state index is 12.3. The van der Waals surface area contributed by atoms with E-state index in [-0.39, 0.29) is 17.7 Å². The van der Waals surface area contributed by atoms with E-state index < -0.39 is 6.61 Å². The number of hydrogen-bond donors (Lipinski definition) is 2. The molecule has 1 aliphatic rings. The van der Waals surface area contributed by atoms with Crippen molar-refractivity contribution in [1.29, 1.82) is 0 Å². The van der Waals surface area contributed by atoms with Crippen molar-refractivity contribution in [2.24, 2.45) is 5.73 Å². The van der Waals surface area contributed by atoms with E-state index in [1.807, 2.05) is 0 Å². The second-order valence-electron chi connectivity index (χ2n) is 5.49. The van der Waals surface area contributed by atoms with Gasteiger partial charge in [0.1, 0.15) is 16.5 Å². The number of ether oxygens (including phenoxy) is 1. The molecule has 0 aliphatic heterocycles. The number of alkyl halides is 2. The van der Waals surface area contributed by atoms with Crippen molar-refractivity contribution in [3.8, 4) is 5.75 Å². The number of nitrogens with zero attached hydrogens (tertiary/aromatic N) is 1. The molecule has 24 heavy (non-hydrogen) atoms. The van der Waals surface area contributed by atoms with Crippen molar-refractivity contribution in [2.75, 3.05) is 0 Å². The van der Waals surface area contributed by atoms with Crippen molar-refractivity contribution >= 4 is 17.2 Å². The number of hydrogen-bond acceptors (Lipinski definition) is 5. The predicted octanol–water partition coefficient (Wildman–Crippen LogP) is 3.01. The Bertz CT molecular complexity index is 736. The molecule has 0 saturated carbocycles. The summed E-state index contributed by atoms with van der Waals surface area (Å²) in [6.07, 6.45) is 2.43. The highest BCUT2D eigenvalue weighted by Gasteiger charge is 2.24. The first-order valence-corrected chi connectivity index (χ1v) is 8.47. The first-order valence-electron chi connectivity index (χ1n) is 7.60. The summed E-state index contributed by atoms with van der Waals surface area (Å²) in [7, 11) is 0. The molecule has 3 N–H and O–H groups in total. The molecule has 5 nitrogen and oxygen atoms in total. The molecular formula is C16H17F2N3O2S. The van der Waals surface area contributed by atoms with Gasteiger partial charge in [0.2, 0.25) is 0 Å². The summed E-state index contributed by atoms with van der Waals surface area (Å²) < 4.78 is 29.1. The molecule has 1 heterocycles. The van der Waals surface area contributed by atoms with Gasteiger partial charge < -0.3 is 15.8 Å². The summed E-state index contributed by atoms with van der Waals surface area (Å²) in [6, 6.07) is 4.70. The average molecular weight is 353 g/mol. The third-order valence-electron chi connectivity index (χ3n) is 3.92. The maximum absolute atomic E-state index is 12.3. The van der Waals surface area contributed by atoms with Crippen LogP contribution >= 0.6 is 11.3 Å². The van der Waals surface area contributed by atoms with Crippen molar-refractivity contribution in [3.05, 3.63) is 45.4 Å². The minimum atomic E-state index is -2.84. The van der Waals surface area contributed by atoms with E-state index in [0.29, 0.717) is 17.2 Å². The van der Waals surface area contributed by atoms with E-state index in [2.05, 4.69) is 15.0 Å². The van der Waals surface area contributed by atoms with E-state index in [9.17, 15) is 13.6 Å². The van der Waals surface area contributed by atoms with E-state index in [1.54, 1.807) is 17.5 Å². The number of rotatable bonds is 5. The zero-order chi connectivity index (χ0) is 17.1. The number of aryl methyl sites for hydroxylation is 1. The van der Waals surface area contributed by atoms with Crippen LogP contribution in [-0.4, -0.2) is 17.5 Å². The van der Waals surface area contributed by atoms with Crippen LogP contribution < -0.4 is 15.8 Å². The summed E-state index contributed by atoms with van der Waals surface area (Å²) in [4.78, 5) is 16.5. The summed E-state index contributed by atoms with van der Waals surface area (Å²) in [5, 5.41) is 5.35. The molecule has 1 atom stereocenters. The summed E-state index contributed by atoms with van der Waals surface area (Å²) >= 11 is 1.35. The Balaban J connectivity index is 1.75. The van der Waals surface area contributed by atoms with Crippen LogP contribution in [0.3, 0.4) is 0 Å². The number of fused-ring (bicyclic) bond motifs is 1. The van der Waals surface area contributed by atoms with Gasteiger partial charge in [0.05, 0.1) is 6.04 Å². The van der Waals surface area contributed by atoms with Crippen LogP contribution in [0.1, 0.15) is 45.5 Å². The first kappa shape index (κ1) is 16.8. The van der Waals surface area contributed by atoms with Crippen molar-refractivity contribution in [3.63, 3.8) is 0 Å². The number of carbonyl (C=O) groups is 1. The highest BCUT2D eigenvalue weighted by atomic mass is 32.1. The van der Waals surface area contributed by atoms with Gasteiger partial charge in [-0.1, -0.05) is 6.07 Å². The number of benzene rings is 1. The summed E-state index contributed by atoms with van der Waals surface area (Å²) in [5.41, 5.74) is 7.72. The standard InChI is InChI=1S/C16H17F2N3O2S/c17-16(18)23-10-4-5-11-9(6-10)2-1-3-12(11)21-15(22)13-8-24-14(7-19)20-13/h4-6,8,12,16H,1-3,7,19H2,(H,21,22). The monoisotopic (exact) mass is 353 g/mol. The number of carbonyl (C=O) groups excluding carboxylic acids is 1. The Labute approximate surface area is 141 Å². The molecule has 0 saturated heterocycles. The SMILES string of the molecule is NCc1nc(C(=O)NC2CCCc3cc(OC(F)F)ccc32)cs1. The molecule has 1 amide bonds. The molecular weight excluding hydrogens is 336 g/mol. The van der Waals surface area contributed by atoms with Gasteiger partial charge in [-0.2, -0.15) is 8.78 Å². The zero-order valence-electron chi connectivity index (χ0n) is 12.8. The Morgan fingerprint density at radius 2 is 2.33 bits per heavy atom. The zero-order valence-corrected chi connectivity index (χ0v) is 13.6. The summed E-state index contributed by atoms with van der Waals surface area (Å²) in [6.45, 7) is -2.54. The number of nitrogens with two attached hydrogens (primary N) is 1. The number of nitrogens with one attached hydrogen (secondary N) is 1. The second kappa shape index (κ2) is 7.23. The van der Waals surface area contributed by atoms with Gasteiger partial charge in [-0.05, 0) is 42.5 Å². The van der Waals surface area contributed by atoms with E-state index in [4.69, 9.17) is 5.73 Å². The second-order valence-corrected chi connectivity index (χ2v) is 6.43. The smallest absolute Gasteiger partial charge is 0.387 e. The number of aromatic nitrogens is 1. The van der Waals surface area contributed by atoms with Gasteiger partial charge in [-0.25, -0.2) is 4.98 Å². The molecule has 0 bridgehead atoms. The Morgan fingerprint density at radius 3 is 3.04 bits per heavy atom. The Hall–Kier alpha value is -2.06. The van der Waals surface area contributed by atoms with Gasteiger partial charge in [0, 0.05) is 11.9 Å². The first-order chi connectivity index (χ1) is 11.6. The Kier molecular flexibility index (Phi) is 5.06. The predicted molar refractivity (Wildman–Crippen MR) is 86.2 cm³/mol. The van der Waals surface area contributed by atoms with E-state index >= 15 is 0 Å². The Morgan fingerprint density at radius 1 is 1.50 bits per heavy atom.